The van der Waals surface area contributed by atoms with E-state index >= 15 is 0 Å². The van der Waals surface area contributed by atoms with Crippen LogP contribution in [0.3, 0.4) is 0 Å². The zero-order chi connectivity index (χ0) is 15.9. The molecule has 0 saturated heterocycles. The predicted molar refractivity (Wildman–Crippen MR) is 91.1 cm³/mol. The van der Waals surface area contributed by atoms with E-state index in [1.165, 1.54) is 24.5 Å². The number of rotatable bonds is 3. The standard InChI is InChI=1S/C9H14N2O2.C5H6N2O.BrH/c1-9(2,12)6-13-7-3-4-8(10)11-5-7;6-5-2-1-4(8)3-7-5;/h3-5,12H,6H2,1-2H3,(H2,10,11);1-3,8H,(H2,6,7);1H. The van der Waals surface area contributed by atoms with Crippen LogP contribution < -0.4 is 16.2 Å². The molecule has 0 fully saturated rings. The van der Waals surface area contributed by atoms with Crippen LogP contribution in [0.1, 0.15) is 13.8 Å². The number of anilines is 2. The lowest BCUT2D eigenvalue weighted by Crippen LogP contribution is -2.27. The van der Waals surface area contributed by atoms with Gasteiger partial charge in [0, 0.05) is 0 Å². The van der Waals surface area contributed by atoms with Crippen molar-refractivity contribution in [3.63, 3.8) is 0 Å². The first-order valence-corrected chi connectivity index (χ1v) is 6.23. The van der Waals surface area contributed by atoms with E-state index in [2.05, 4.69) is 9.97 Å². The Bertz CT molecular complexity index is 521. The zero-order valence-electron chi connectivity index (χ0n) is 12.4. The lowest BCUT2D eigenvalue weighted by atomic mass is 10.2. The Balaban J connectivity index is 0.000000423. The molecule has 0 atom stereocenters. The monoisotopic (exact) mass is 372 g/mol. The smallest absolute Gasteiger partial charge is 0.137 e. The molecule has 0 aliphatic carbocycles. The minimum atomic E-state index is -0.832. The molecule has 2 heterocycles. The number of nitrogens with two attached hydrogens (primary N) is 2. The molecule has 0 saturated carbocycles. The van der Waals surface area contributed by atoms with Gasteiger partial charge in [0.05, 0.1) is 18.0 Å². The van der Waals surface area contributed by atoms with Gasteiger partial charge < -0.3 is 26.4 Å². The fraction of sp³-hybridized carbons (Fsp3) is 0.286. The second kappa shape index (κ2) is 9.06. The van der Waals surface area contributed by atoms with Gasteiger partial charge in [-0.2, -0.15) is 0 Å². The third-order valence-corrected chi connectivity index (χ3v) is 2.12. The van der Waals surface area contributed by atoms with Crippen molar-refractivity contribution in [3.8, 4) is 11.5 Å². The molecule has 122 valence electrons. The van der Waals surface area contributed by atoms with Crippen molar-refractivity contribution in [2.75, 3.05) is 18.1 Å². The van der Waals surface area contributed by atoms with Crippen LogP contribution in [0.2, 0.25) is 0 Å². The molecule has 0 aliphatic rings. The van der Waals surface area contributed by atoms with Crippen LogP contribution in [0.25, 0.3) is 0 Å². The summed E-state index contributed by atoms with van der Waals surface area (Å²) >= 11 is 0. The SMILES string of the molecule is Br.CC(C)(O)COc1ccc(N)nc1.Nc1ccc(O)cn1. The number of aromatic hydroxyl groups is 1. The van der Waals surface area contributed by atoms with Gasteiger partial charge in [0.1, 0.15) is 29.7 Å². The molecule has 0 radical (unpaired) electrons. The third kappa shape index (κ3) is 8.98. The van der Waals surface area contributed by atoms with Gasteiger partial charge in [-0.15, -0.1) is 17.0 Å². The number of aromatic nitrogens is 2. The first-order chi connectivity index (χ1) is 9.76. The number of pyridine rings is 2. The van der Waals surface area contributed by atoms with Gasteiger partial charge >= 0.3 is 0 Å². The maximum atomic E-state index is 9.36. The number of halogens is 1. The average Bonchev–Trinajstić information content (AvgIpc) is 2.41. The molecule has 2 aromatic rings. The van der Waals surface area contributed by atoms with E-state index in [-0.39, 0.29) is 29.3 Å². The summed E-state index contributed by atoms with van der Waals surface area (Å²) in [7, 11) is 0. The van der Waals surface area contributed by atoms with Crippen LogP contribution in [0.4, 0.5) is 11.6 Å². The topological polar surface area (TPSA) is 128 Å². The van der Waals surface area contributed by atoms with E-state index in [9.17, 15) is 5.11 Å². The molecular formula is C14H21BrN4O3. The van der Waals surface area contributed by atoms with Gasteiger partial charge in [-0.1, -0.05) is 0 Å². The average molecular weight is 373 g/mol. The van der Waals surface area contributed by atoms with Crippen LogP contribution in [-0.4, -0.2) is 32.4 Å². The van der Waals surface area contributed by atoms with Crippen LogP contribution >= 0.6 is 17.0 Å². The lowest BCUT2D eigenvalue weighted by Gasteiger charge is -2.17. The highest BCUT2D eigenvalue weighted by molar-refractivity contribution is 8.93. The van der Waals surface area contributed by atoms with E-state index < -0.39 is 5.60 Å². The Labute approximate surface area is 139 Å². The summed E-state index contributed by atoms with van der Waals surface area (Å²) in [6, 6.07) is 6.39. The van der Waals surface area contributed by atoms with Crippen molar-refractivity contribution in [2.24, 2.45) is 0 Å². The summed E-state index contributed by atoms with van der Waals surface area (Å²) in [5.41, 5.74) is 9.77. The molecule has 0 bridgehead atoms. The van der Waals surface area contributed by atoms with Gasteiger partial charge in [-0.25, -0.2) is 9.97 Å². The van der Waals surface area contributed by atoms with Gasteiger partial charge in [0.15, 0.2) is 0 Å². The maximum Gasteiger partial charge on any atom is 0.137 e. The van der Waals surface area contributed by atoms with Crippen LogP contribution in [0.15, 0.2) is 36.7 Å². The molecule has 0 unspecified atom stereocenters. The van der Waals surface area contributed by atoms with Crippen molar-refractivity contribution in [1.29, 1.82) is 0 Å². The van der Waals surface area contributed by atoms with Crippen molar-refractivity contribution >= 4 is 28.6 Å². The number of hydrogen-bond donors (Lipinski definition) is 4. The van der Waals surface area contributed by atoms with Crippen LogP contribution in [-0.2, 0) is 0 Å². The Kier molecular flexibility index (Phi) is 8.21. The number of ether oxygens (including phenoxy) is 1. The molecule has 0 amide bonds. The Hall–Kier alpha value is -2.06. The number of nitrogens with zero attached hydrogens (tertiary/aromatic N) is 2. The van der Waals surface area contributed by atoms with Crippen molar-refractivity contribution in [2.45, 2.75) is 19.4 Å². The summed E-state index contributed by atoms with van der Waals surface area (Å²) < 4.78 is 5.26. The molecule has 7 nitrogen and oxygen atoms in total. The Morgan fingerprint density at radius 3 is 1.95 bits per heavy atom. The van der Waals surface area contributed by atoms with E-state index in [0.29, 0.717) is 17.4 Å². The van der Waals surface area contributed by atoms with Crippen LogP contribution in [0, 0.1) is 0 Å². The number of nitrogen functional groups attached to an aromatic ring is 2. The van der Waals surface area contributed by atoms with Gasteiger partial charge in [0.2, 0.25) is 0 Å². The van der Waals surface area contributed by atoms with Gasteiger partial charge in [-0.3, -0.25) is 0 Å². The molecule has 2 rings (SSSR count). The fourth-order valence-electron chi connectivity index (χ4n) is 1.13. The minimum Gasteiger partial charge on any atom is -0.506 e. The molecule has 0 spiro atoms. The summed E-state index contributed by atoms with van der Waals surface area (Å²) in [6.07, 6.45) is 2.83. The van der Waals surface area contributed by atoms with E-state index in [1.807, 2.05) is 0 Å². The molecule has 2 aromatic heterocycles. The largest absolute Gasteiger partial charge is 0.506 e. The van der Waals surface area contributed by atoms with Crippen molar-refractivity contribution in [1.82, 2.24) is 9.97 Å². The highest BCUT2D eigenvalue weighted by Gasteiger charge is 2.13. The third-order valence-electron chi connectivity index (χ3n) is 2.12. The minimum absolute atomic E-state index is 0. The first-order valence-electron chi connectivity index (χ1n) is 6.23. The fourth-order valence-corrected chi connectivity index (χ4v) is 1.13. The summed E-state index contributed by atoms with van der Waals surface area (Å²) in [6.45, 7) is 3.59. The van der Waals surface area contributed by atoms with E-state index in [4.69, 9.17) is 21.3 Å². The second-order valence-electron chi connectivity index (χ2n) is 4.96. The van der Waals surface area contributed by atoms with Crippen LogP contribution in [0.5, 0.6) is 11.5 Å². The first kappa shape index (κ1) is 19.9. The number of hydrogen-bond acceptors (Lipinski definition) is 7. The number of aliphatic hydroxyl groups is 1. The van der Waals surface area contributed by atoms with Crippen molar-refractivity contribution in [3.05, 3.63) is 36.7 Å². The second-order valence-corrected chi connectivity index (χ2v) is 4.96. The van der Waals surface area contributed by atoms with Gasteiger partial charge in [0.25, 0.3) is 0 Å². The molecular weight excluding hydrogens is 352 g/mol. The Morgan fingerprint density at radius 1 is 1.05 bits per heavy atom. The van der Waals surface area contributed by atoms with E-state index in [1.54, 1.807) is 26.0 Å². The zero-order valence-corrected chi connectivity index (χ0v) is 14.1. The van der Waals surface area contributed by atoms with Gasteiger partial charge in [-0.05, 0) is 38.1 Å². The van der Waals surface area contributed by atoms with E-state index in [0.717, 1.165) is 0 Å². The summed E-state index contributed by atoms with van der Waals surface area (Å²) in [5, 5.41) is 18.0. The molecule has 8 heteroatoms. The Morgan fingerprint density at radius 2 is 1.59 bits per heavy atom. The highest BCUT2D eigenvalue weighted by Crippen LogP contribution is 2.12. The molecule has 6 N–H and O–H groups in total. The summed E-state index contributed by atoms with van der Waals surface area (Å²) in [5.74, 6) is 1.62. The molecule has 22 heavy (non-hydrogen) atoms. The normalized spacial score (nSPS) is 9.95. The summed E-state index contributed by atoms with van der Waals surface area (Å²) in [4.78, 5) is 7.46. The highest BCUT2D eigenvalue weighted by atomic mass is 79.9. The molecule has 0 aliphatic heterocycles. The quantitative estimate of drug-likeness (QED) is 0.645. The predicted octanol–water partition coefficient (Wildman–Crippen LogP) is 1.76. The van der Waals surface area contributed by atoms with Crippen molar-refractivity contribution < 1.29 is 14.9 Å². The molecule has 0 aromatic carbocycles. The maximum absolute atomic E-state index is 9.36. The lowest BCUT2D eigenvalue weighted by molar-refractivity contribution is 0.0284.